The molecule has 1 amide bonds. The van der Waals surface area contributed by atoms with Crippen LogP contribution in [0.5, 0.6) is 0 Å². The van der Waals surface area contributed by atoms with Crippen LogP contribution in [0.25, 0.3) is 0 Å². The van der Waals surface area contributed by atoms with E-state index in [0.717, 1.165) is 5.56 Å². The number of nitrogens with one attached hydrogen (secondary N) is 2. The Kier molecular flexibility index (Phi) is 4.84. The molecule has 0 aromatic heterocycles. The molecule has 0 unspecified atom stereocenters. The van der Waals surface area contributed by atoms with Crippen molar-refractivity contribution in [3.8, 4) is 12.3 Å². The molecule has 0 aliphatic heterocycles. The number of halogens is 1. The molecule has 84 valence electrons. The van der Waals surface area contributed by atoms with E-state index < -0.39 is 0 Å². The largest absolute Gasteiger partial charge is 0.324 e. The molecule has 0 atom stereocenters. The highest BCUT2D eigenvalue weighted by Gasteiger charge is 2.05. The Bertz CT molecular complexity index is 424. The summed E-state index contributed by atoms with van der Waals surface area (Å²) in [7, 11) is 0. The molecule has 0 aliphatic rings. The Morgan fingerprint density at radius 2 is 2.31 bits per heavy atom. The first-order valence-electron chi connectivity index (χ1n) is 4.83. The number of hydrogen-bond acceptors (Lipinski definition) is 2. The number of terminal acetylenes is 1. The minimum Gasteiger partial charge on any atom is -0.324 e. The van der Waals surface area contributed by atoms with Crippen LogP contribution in [0, 0.1) is 19.3 Å². The first-order chi connectivity index (χ1) is 7.63. The fourth-order valence-electron chi connectivity index (χ4n) is 1.18. The van der Waals surface area contributed by atoms with E-state index in [1.54, 1.807) is 6.07 Å². The summed E-state index contributed by atoms with van der Waals surface area (Å²) in [6, 6.07) is 5.46. The summed E-state index contributed by atoms with van der Waals surface area (Å²) in [5.41, 5.74) is 1.66. The SMILES string of the molecule is C#CCNCC(=O)Nc1cc(C)ccc1Cl. The van der Waals surface area contributed by atoms with Crippen molar-refractivity contribution in [2.24, 2.45) is 0 Å². The van der Waals surface area contributed by atoms with Crippen molar-refractivity contribution < 1.29 is 4.79 Å². The summed E-state index contributed by atoms with van der Waals surface area (Å²) >= 11 is 5.93. The van der Waals surface area contributed by atoms with Gasteiger partial charge in [0.2, 0.25) is 5.91 Å². The average Bonchev–Trinajstić information content (AvgIpc) is 2.24. The normalized spacial score (nSPS) is 9.56. The Morgan fingerprint density at radius 1 is 1.56 bits per heavy atom. The lowest BCUT2D eigenvalue weighted by molar-refractivity contribution is -0.115. The lowest BCUT2D eigenvalue weighted by Gasteiger charge is -2.08. The topological polar surface area (TPSA) is 41.1 Å². The van der Waals surface area contributed by atoms with Gasteiger partial charge in [-0.25, -0.2) is 0 Å². The highest BCUT2D eigenvalue weighted by Crippen LogP contribution is 2.22. The molecule has 0 heterocycles. The first kappa shape index (κ1) is 12.6. The van der Waals surface area contributed by atoms with Gasteiger partial charge in [-0.05, 0) is 24.6 Å². The summed E-state index contributed by atoms with van der Waals surface area (Å²) in [4.78, 5) is 11.4. The monoisotopic (exact) mass is 236 g/mol. The van der Waals surface area contributed by atoms with Crippen molar-refractivity contribution >= 4 is 23.2 Å². The fraction of sp³-hybridized carbons (Fsp3) is 0.250. The van der Waals surface area contributed by atoms with E-state index in [9.17, 15) is 4.79 Å². The molecular formula is C12H13ClN2O. The van der Waals surface area contributed by atoms with Gasteiger partial charge >= 0.3 is 0 Å². The number of carbonyl (C=O) groups excluding carboxylic acids is 1. The minimum atomic E-state index is -0.164. The zero-order valence-electron chi connectivity index (χ0n) is 9.01. The first-order valence-corrected chi connectivity index (χ1v) is 5.21. The molecular weight excluding hydrogens is 224 g/mol. The van der Waals surface area contributed by atoms with Gasteiger partial charge in [0.1, 0.15) is 0 Å². The summed E-state index contributed by atoms with van der Waals surface area (Å²) in [5, 5.41) is 6.03. The molecule has 0 fully saturated rings. The van der Waals surface area contributed by atoms with Crippen LogP contribution in [0.3, 0.4) is 0 Å². The van der Waals surface area contributed by atoms with E-state index in [1.807, 2.05) is 19.1 Å². The quantitative estimate of drug-likeness (QED) is 0.619. The van der Waals surface area contributed by atoms with Gasteiger partial charge in [-0.15, -0.1) is 6.42 Å². The van der Waals surface area contributed by atoms with Gasteiger partial charge in [0.25, 0.3) is 0 Å². The molecule has 0 bridgehead atoms. The molecule has 16 heavy (non-hydrogen) atoms. The number of benzene rings is 1. The van der Waals surface area contributed by atoms with Gasteiger partial charge in [-0.2, -0.15) is 0 Å². The molecule has 4 heteroatoms. The third-order valence-electron chi connectivity index (χ3n) is 1.91. The number of aryl methyl sites for hydroxylation is 1. The zero-order valence-corrected chi connectivity index (χ0v) is 9.77. The van der Waals surface area contributed by atoms with Gasteiger partial charge < -0.3 is 5.32 Å². The number of rotatable bonds is 4. The number of carbonyl (C=O) groups is 1. The molecule has 0 radical (unpaired) electrons. The highest BCUT2D eigenvalue weighted by atomic mass is 35.5. The minimum absolute atomic E-state index is 0.164. The second kappa shape index (κ2) is 6.16. The Morgan fingerprint density at radius 3 is 3.00 bits per heavy atom. The number of amides is 1. The summed E-state index contributed by atoms with van der Waals surface area (Å²) in [5.74, 6) is 2.23. The van der Waals surface area contributed by atoms with Crippen molar-refractivity contribution in [3.05, 3.63) is 28.8 Å². The standard InChI is InChI=1S/C12H13ClN2O/c1-3-6-14-8-12(16)15-11-7-9(2)4-5-10(11)13/h1,4-5,7,14H,6,8H2,2H3,(H,15,16). The van der Waals surface area contributed by atoms with Crippen molar-refractivity contribution in [2.45, 2.75) is 6.92 Å². The maximum absolute atomic E-state index is 11.4. The van der Waals surface area contributed by atoms with Gasteiger partial charge in [0.05, 0.1) is 23.8 Å². The maximum Gasteiger partial charge on any atom is 0.238 e. The molecule has 1 rings (SSSR count). The highest BCUT2D eigenvalue weighted by molar-refractivity contribution is 6.33. The van der Waals surface area contributed by atoms with Crippen molar-refractivity contribution in [3.63, 3.8) is 0 Å². The Hall–Kier alpha value is -1.50. The predicted molar refractivity (Wildman–Crippen MR) is 66.5 cm³/mol. The maximum atomic E-state index is 11.4. The van der Waals surface area contributed by atoms with Gasteiger partial charge in [-0.1, -0.05) is 23.6 Å². The third-order valence-corrected chi connectivity index (χ3v) is 2.24. The van der Waals surface area contributed by atoms with Crippen molar-refractivity contribution in [1.82, 2.24) is 5.32 Å². The fourth-order valence-corrected chi connectivity index (χ4v) is 1.34. The van der Waals surface area contributed by atoms with E-state index in [4.69, 9.17) is 18.0 Å². The van der Waals surface area contributed by atoms with E-state index in [2.05, 4.69) is 16.6 Å². The van der Waals surface area contributed by atoms with Crippen LogP contribution in [0.4, 0.5) is 5.69 Å². The molecule has 0 saturated carbocycles. The van der Waals surface area contributed by atoms with Gasteiger partial charge in [-0.3, -0.25) is 10.1 Å². The summed E-state index contributed by atoms with van der Waals surface area (Å²) < 4.78 is 0. The molecule has 3 nitrogen and oxygen atoms in total. The van der Waals surface area contributed by atoms with E-state index in [1.165, 1.54) is 0 Å². The molecule has 0 saturated heterocycles. The van der Waals surface area contributed by atoms with Crippen molar-refractivity contribution in [2.75, 3.05) is 18.4 Å². The van der Waals surface area contributed by atoms with E-state index in [-0.39, 0.29) is 12.5 Å². The van der Waals surface area contributed by atoms with Crippen molar-refractivity contribution in [1.29, 1.82) is 0 Å². The second-order valence-corrected chi connectivity index (χ2v) is 3.75. The number of hydrogen-bond donors (Lipinski definition) is 2. The smallest absolute Gasteiger partial charge is 0.238 e. The second-order valence-electron chi connectivity index (χ2n) is 3.34. The van der Waals surface area contributed by atoms with Crippen LogP contribution >= 0.6 is 11.6 Å². The van der Waals surface area contributed by atoms with Crippen LogP contribution < -0.4 is 10.6 Å². The lowest BCUT2D eigenvalue weighted by Crippen LogP contribution is -2.28. The average molecular weight is 237 g/mol. The van der Waals surface area contributed by atoms with Gasteiger partial charge in [0, 0.05) is 0 Å². The van der Waals surface area contributed by atoms with Crippen LogP contribution in [0.15, 0.2) is 18.2 Å². The zero-order chi connectivity index (χ0) is 12.0. The van der Waals surface area contributed by atoms with Crippen LogP contribution in [-0.4, -0.2) is 19.0 Å². The molecule has 1 aromatic carbocycles. The summed E-state index contributed by atoms with van der Waals surface area (Å²) in [6.07, 6.45) is 5.05. The van der Waals surface area contributed by atoms with Crippen LogP contribution in [-0.2, 0) is 4.79 Å². The Labute approximate surface area is 100 Å². The van der Waals surface area contributed by atoms with E-state index in [0.29, 0.717) is 17.3 Å². The summed E-state index contributed by atoms with van der Waals surface area (Å²) in [6.45, 7) is 2.48. The van der Waals surface area contributed by atoms with Gasteiger partial charge in [0.15, 0.2) is 0 Å². The van der Waals surface area contributed by atoms with Crippen LogP contribution in [0.2, 0.25) is 5.02 Å². The lowest BCUT2D eigenvalue weighted by atomic mass is 10.2. The molecule has 0 aliphatic carbocycles. The van der Waals surface area contributed by atoms with Crippen LogP contribution in [0.1, 0.15) is 5.56 Å². The molecule has 2 N–H and O–H groups in total. The number of anilines is 1. The van der Waals surface area contributed by atoms with E-state index >= 15 is 0 Å². The molecule has 0 spiro atoms. The predicted octanol–water partition coefficient (Wildman–Crippen LogP) is 1.81. The Balaban J connectivity index is 2.56. The third kappa shape index (κ3) is 3.93. The molecule has 1 aromatic rings.